The first-order chi connectivity index (χ1) is 8.32. The highest BCUT2D eigenvalue weighted by Gasteiger charge is 2.36. The van der Waals surface area contributed by atoms with Crippen LogP contribution in [0.4, 0.5) is 0 Å². The Kier molecular flexibility index (Phi) is 3.52. The van der Waals surface area contributed by atoms with Crippen molar-refractivity contribution in [3.63, 3.8) is 0 Å². The predicted octanol–water partition coefficient (Wildman–Crippen LogP) is 2.60. The molecule has 0 aromatic heterocycles. The second-order valence-electron chi connectivity index (χ2n) is 5.51. The average molecular weight is 267 g/mol. The van der Waals surface area contributed by atoms with Crippen LogP contribution >= 0.6 is 0 Å². The fraction of sp³-hybridized carbons (Fsp3) is 0.571. The third-order valence-corrected chi connectivity index (χ3v) is 5.72. The molecule has 0 fully saturated rings. The second-order valence-corrected chi connectivity index (χ2v) is 7.84. The molecule has 3 nitrogen and oxygen atoms in total. The van der Waals surface area contributed by atoms with Crippen LogP contribution in [0.3, 0.4) is 0 Å². The lowest BCUT2D eigenvalue weighted by Gasteiger charge is -2.32. The molecule has 4 heteroatoms. The summed E-state index contributed by atoms with van der Waals surface area (Å²) in [6.45, 7) is 7.97. The van der Waals surface area contributed by atoms with Gasteiger partial charge in [-0.25, -0.2) is 8.42 Å². The fourth-order valence-corrected chi connectivity index (χ4v) is 4.23. The van der Waals surface area contributed by atoms with Gasteiger partial charge in [0.15, 0.2) is 9.84 Å². The first-order valence-corrected chi connectivity index (χ1v) is 7.97. The topological polar surface area (TPSA) is 46.2 Å². The molecule has 1 aromatic carbocycles. The van der Waals surface area contributed by atoms with E-state index in [9.17, 15) is 8.42 Å². The van der Waals surface area contributed by atoms with E-state index in [1.54, 1.807) is 13.0 Å². The third-order valence-electron chi connectivity index (χ3n) is 3.48. The lowest BCUT2D eigenvalue weighted by molar-refractivity contribution is 0.428. The number of rotatable bonds is 2. The smallest absolute Gasteiger partial charge is 0.181 e. The normalized spacial score (nSPS) is 26.1. The van der Waals surface area contributed by atoms with Crippen molar-refractivity contribution >= 4 is 9.84 Å². The molecular weight excluding hydrogens is 246 g/mol. The lowest BCUT2D eigenvalue weighted by atomic mass is 9.99. The zero-order valence-electron chi connectivity index (χ0n) is 11.4. The molecule has 0 spiro atoms. The van der Waals surface area contributed by atoms with E-state index in [1.807, 2.05) is 19.1 Å². The van der Waals surface area contributed by atoms with E-state index in [0.29, 0.717) is 17.4 Å². The summed E-state index contributed by atoms with van der Waals surface area (Å²) in [5.41, 5.74) is 2.04. The van der Waals surface area contributed by atoms with E-state index < -0.39 is 9.84 Å². The Morgan fingerprint density at radius 1 is 1.33 bits per heavy atom. The van der Waals surface area contributed by atoms with E-state index in [4.69, 9.17) is 0 Å². The zero-order chi connectivity index (χ0) is 13.5. The minimum Gasteiger partial charge on any atom is -0.308 e. The number of hydrogen-bond donors (Lipinski definition) is 1. The van der Waals surface area contributed by atoms with Gasteiger partial charge < -0.3 is 5.32 Å². The maximum Gasteiger partial charge on any atom is 0.181 e. The van der Waals surface area contributed by atoms with Crippen LogP contribution in [0.1, 0.15) is 44.4 Å². The first kappa shape index (κ1) is 13.6. The van der Waals surface area contributed by atoms with Crippen molar-refractivity contribution in [1.29, 1.82) is 0 Å². The van der Waals surface area contributed by atoms with Gasteiger partial charge in [0.05, 0.1) is 10.1 Å². The summed E-state index contributed by atoms with van der Waals surface area (Å²) in [5, 5.41) is 3.15. The molecule has 100 valence electrons. The quantitative estimate of drug-likeness (QED) is 0.896. The van der Waals surface area contributed by atoms with Crippen LogP contribution < -0.4 is 5.32 Å². The van der Waals surface area contributed by atoms with Crippen LogP contribution in [0.2, 0.25) is 0 Å². The number of aryl methyl sites for hydroxylation is 1. The standard InChI is InChI=1S/C14H21NO2S/c1-9(2)15-13-8-11(4)18(16,17)14-6-5-10(3)7-12(13)14/h5-7,9,11,13,15H,8H2,1-4H3. The van der Waals surface area contributed by atoms with Crippen molar-refractivity contribution in [3.05, 3.63) is 29.3 Å². The molecular formula is C14H21NO2S. The Labute approximate surface area is 110 Å². The van der Waals surface area contributed by atoms with Crippen molar-refractivity contribution in [2.75, 3.05) is 0 Å². The molecule has 2 atom stereocenters. The maximum absolute atomic E-state index is 12.3. The van der Waals surface area contributed by atoms with E-state index in [-0.39, 0.29) is 11.3 Å². The molecule has 1 aromatic rings. The number of nitrogens with one attached hydrogen (secondary N) is 1. The van der Waals surface area contributed by atoms with Crippen molar-refractivity contribution in [1.82, 2.24) is 5.32 Å². The van der Waals surface area contributed by atoms with Crippen molar-refractivity contribution < 1.29 is 8.42 Å². The van der Waals surface area contributed by atoms with Crippen LogP contribution in [0.5, 0.6) is 0 Å². The molecule has 2 rings (SSSR count). The number of hydrogen-bond acceptors (Lipinski definition) is 3. The van der Waals surface area contributed by atoms with Gasteiger partial charge in [0, 0.05) is 12.1 Å². The monoisotopic (exact) mass is 267 g/mol. The Bertz CT molecular complexity index is 549. The second kappa shape index (κ2) is 4.67. The molecule has 0 saturated carbocycles. The third kappa shape index (κ3) is 2.31. The molecule has 0 radical (unpaired) electrons. The SMILES string of the molecule is Cc1ccc2c(c1)C(NC(C)C)CC(C)S2(=O)=O. The maximum atomic E-state index is 12.3. The number of sulfone groups is 1. The highest BCUT2D eigenvalue weighted by atomic mass is 32.2. The largest absolute Gasteiger partial charge is 0.308 e. The van der Waals surface area contributed by atoms with E-state index in [2.05, 4.69) is 19.2 Å². The summed E-state index contributed by atoms with van der Waals surface area (Å²) >= 11 is 0. The first-order valence-electron chi connectivity index (χ1n) is 6.43. The lowest BCUT2D eigenvalue weighted by Crippen LogP contribution is -2.37. The molecule has 1 aliphatic heterocycles. The van der Waals surface area contributed by atoms with Gasteiger partial charge in [0.1, 0.15) is 0 Å². The van der Waals surface area contributed by atoms with Gasteiger partial charge in [-0.05, 0) is 31.9 Å². The van der Waals surface area contributed by atoms with Crippen molar-refractivity contribution in [2.45, 2.75) is 56.3 Å². The fourth-order valence-electron chi connectivity index (χ4n) is 2.56. The molecule has 1 N–H and O–H groups in total. The highest BCUT2D eigenvalue weighted by molar-refractivity contribution is 7.92. The van der Waals surface area contributed by atoms with Crippen LogP contribution in [-0.2, 0) is 9.84 Å². The molecule has 1 heterocycles. The summed E-state index contributed by atoms with van der Waals surface area (Å²) in [6.07, 6.45) is 0.650. The molecule has 2 unspecified atom stereocenters. The van der Waals surface area contributed by atoms with E-state index >= 15 is 0 Å². The molecule has 0 aliphatic carbocycles. The van der Waals surface area contributed by atoms with Gasteiger partial charge in [-0.1, -0.05) is 31.5 Å². The van der Waals surface area contributed by atoms with Gasteiger partial charge in [-0.2, -0.15) is 0 Å². The summed E-state index contributed by atoms with van der Waals surface area (Å²) in [7, 11) is -3.15. The van der Waals surface area contributed by atoms with Gasteiger partial charge in [0.25, 0.3) is 0 Å². The minimum atomic E-state index is -3.15. The van der Waals surface area contributed by atoms with Gasteiger partial charge in [-0.3, -0.25) is 0 Å². The minimum absolute atomic E-state index is 0.137. The average Bonchev–Trinajstić information content (AvgIpc) is 2.25. The van der Waals surface area contributed by atoms with Crippen LogP contribution in [0.25, 0.3) is 0 Å². The van der Waals surface area contributed by atoms with Gasteiger partial charge >= 0.3 is 0 Å². The van der Waals surface area contributed by atoms with Crippen molar-refractivity contribution in [2.24, 2.45) is 0 Å². The molecule has 1 aliphatic rings. The Hall–Kier alpha value is -0.870. The van der Waals surface area contributed by atoms with Gasteiger partial charge in [-0.15, -0.1) is 0 Å². The number of benzene rings is 1. The summed E-state index contributed by atoms with van der Waals surface area (Å²) in [5.74, 6) is 0. The Morgan fingerprint density at radius 2 is 2.00 bits per heavy atom. The molecule has 0 bridgehead atoms. The number of fused-ring (bicyclic) bond motifs is 1. The molecule has 0 amide bonds. The highest BCUT2D eigenvalue weighted by Crippen LogP contribution is 2.36. The Balaban J connectivity index is 2.55. The van der Waals surface area contributed by atoms with E-state index in [1.165, 1.54) is 0 Å². The Morgan fingerprint density at radius 3 is 2.61 bits per heavy atom. The summed E-state index contributed by atoms with van der Waals surface area (Å²) < 4.78 is 24.6. The molecule has 18 heavy (non-hydrogen) atoms. The predicted molar refractivity (Wildman–Crippen MR) is 73.5 cm³/mol. The summed E-state index contributed by atoms with van der Waals surface area (Å²) in [6, 6.07) is 6.11. The van der Waals surface area contributed by atoms with Crippen LogP contribution in [-0.4, -0.2) is 19.7 Å². The molecule has 0 saturated heterocycles. The van der Waals surface area contributed by atoms with Crippen LogP contribution in [0.15, 0.2) is 23.1 Å². The van der Waals surface area contributed by atoms with Crippen molar-refractivity contribution in [3.8, 4) is 0 Å². The van der Waals surface area contributed by atoms with Crippen LogP contribution in [0, 0.1) is 6.92 Å². The summed E-state index contributed by atoms with van der Waals surface area (Å²) in [4.78, 5) is 0.505. The zero-order valence-corrected chi connectivity index (χ0v) is 12.2. The van der Waals surface area contributed by atoms with E-state index in [0.717, 1.165) is 11.1 Å². The van der Waals surface area contributed by atoms with Gasteiger partial charge in [0.2, 0.25) is 0 Å².